The molecule has 6 heteroatoms. The molecule has 0 bridgehead atoms. The number of benzene rings is 2. The second-order valence-corrected chi connectivity index (χ2v) is 5.60. The van der Waals surface area contributed by atoms with Gasteiger partial charge in [-0.3, -0.25) is 0 Å². The summed E-state index contributed by atoms with van der Waals surface area (Å²) < 4.78 is 18.3. The van der Waals surface area contributed by atoms with Gasteiger partial charge in [-0.1, -0.05) is 18.2 Å². The van der Waals surface area contributed by atoms with Crippen LogP contribution in [0.3, 0.4) is 0 Å². The van der Waals surface area contributed by atoms with Gasteiger partial charge in [0, 0.05) is 12.6 Å². The van der Waals surface area contributed by atoms with Crippen LogP contribution in [0.5, 0.6) is 5.75 Å². The van der Waals surface area contributed by atoms with Gasteiger partial charge in [0.1, 0.15) is 29.5 Å². The van der Waals surface area contributed by atoms with Crippen LogP contribution in [0.15, 0.2) is 54.9 Å². The zero-order valence-electron chi connectivity index (χ0n) is 14.1. The van der Waals surface area contributed by atoms with E-state index in [2.05, 4.69) is 20.6 Å². The number of nitrogens with one attached hydrogen (secondary N) is 2. The molecule has 1 heterocycles. The molecule has 3 rings (SSSR count). The van der Waals surface area contributed by atoms with Crippen LogP contribution in [-0.2, 0) is 6.54 Å². The molecular weight excluding hydrogens is 319 g/mol. The maximum atomic E-state index is 12.9. The fraction of sp³-hybridized carbons (Fsp3) is 0.158. The van der Waals surface area contributed by atoms with Crippen molar-refractivity contribution in [1.29, 1.82) is 0 Å². The summed E-state index contributed by atoms with van der Waals surface area (Å²) in [5.74, 6) is 1.82. The van der Waals surface area contributed by atoms with Crippen LogP contribution in [0, 0.1) is 12.7 Å². The number of methoxy groups -OCH3 is 1. The highest BCUT2D eigenvalue weighted by atomic mass is 19.1. The third kappa shape index (κ3) is 4.44. The van der Waals surface area contributed by atoms with Gasteiger partial charge in [0.15, 0.2) is 0 Å². The Bertz CT molecular complexity index is 852. The first kappa shape index (κ1) is 16.7. The quantitative estimate of drug-likeness (QED) is 0.702. The van der Waals surface area contributed by atoms with Crippen molar-refractivity contribution < 1.29 is 9.13 Å². The van der Waals surface area contributed by atoms with Crippen LogP contribution >= 0.6 is 0 Å². The summed E-state index contributed by atoms with van der Waals surface area (Å²) in [5, 5.41) is 6.45. The number of rotatable bonds is 6. The minimum absolute atomic E-state index is 0.246. The Balaban J connectivity index is 1.71. The van der Waals surface area contributed by atoms with Gasteiger partial charge >= 0.3 is 0 Å². The van der Waals surface area contributed by atoms with Crippen molar-refractivity contribution in [2.75, 3.05) is 17.7 Å². The second kappa shape index (κ2) is 7.61. The lowest BCUT2D eigenvalue weighted by Crippen LogP contribution is -2.03. The first-order chi connectivity index (χ1) is 12.1. The molecule has 0 spiro atoms. The van der Waals surface area contributed by atoms with E-state index >= 15 is 0 Å². The third-order valence-electron chi connectivity index (χ3n) is 3.67. The molecular formula is C19H19FN4O. The molecule has 25 heavy (non-hydrogen) atoms. The maximum absolute atomic E-state index is 12.9. The first-order valence-corrected chi connectivity index (χ1v) is 7.86. The van der Waals surface area contributed by atoms with Crippen molar-refractivity contribution >= 4 is 17.3 Å². The van der Waals surface area contributed by atoms with E-state index in [9.17, 15) is 4.39 Å². The van der Waals surface area contributed by atoms with E-state index in [-0.39, 0.29) is 5.82 Å². The zero-order valence-corrected chi connectivity index (χ0v) is 14.1. The molecule has 128 valence electrons. The standard InChI is InChI=1S/C19H19FN4O/c1-13-3-8-17(25-2)16(9-13)24-19-10-18(22-12-23-19)21-11-14-4-6-15(20)7-5-14/h3-10,12H,11H2,1-2H3,(H2,21,22,23,24). The summed E-state index contributed by atoms with van der Waals surface area (Å²) in [6.45, 7) is 2.56. The summed E-state index contributed by atoms with van der Waals surface area (Å²) in [7, 11) is 1.63. The number of ether oxygens (including phenoxy) is 1. The maximum Gasteiger partial charge on any atom is 0.142 e. The van der Waals surface area contributed by atoms with Crippen molar-refractivity contribution in [2.45, 2.75) is 13.5 Å². The van der Waals surface area contributed by atoms with E-state index < -0.39 is 0 Å². The highest BCUT2D eigenvalue weighted by Crippen LogP contribution is 2.28. The number of halogens is 1. The average molecular weight is 338 g/mol. The highest BCUT2D eigenvalue weighted by molar-refractivity contribution is 5.66. The van der Waals surface area contributed by atoms with Crippen molar-refractivity contribution in [3.63, 3.8) is 0 Å². The number of hydrogen-bond acceptors (Lipinski definition) is 5. The third-order valence-corrected chi connectivity index (χ3v) is 3.67. The molecule has 1 aromatic heterocycles. The largest absolute Gasteiger partial charge is 0.495 e. The molecule has 0 saturated heterocycles. The summed E-state index contributed by atoms with van der Waals surface area (Å²) in [4.78, 5) is 8.45. The van der Waals surface area contributed by atoms with Gasteiger partial charge in [0.05, 0.1) is 12.8 Å². The van der Waals surface area contributed by atoms with E-state index in [4.69, 9.17) is 4.74 Å². The van der Waals surface area contributed by atoms with Gasteiger partial charge in [0.2, 0.25) is 0 Å². The SMILES string of the molecule is COc1ccc(C)cc1Nc1cc(NCc2ccc(F)cc2)ncn1. The van der Waals surface area contributed by atoms with E-state index in [1.165, 1.54) is 18.5 Å². The molecule has 5 nitrogen and oxygen atoms in total. The van der Waals surface area contributed by atoms with Gasteiger partial charge in [-0.05, 0) is 42.3 Å². The summed E-state index contributed by atoms with van der Waals surface area (Å²) in [5.41, 5.74) is 2.92. The second-order valence-electron chi connectivity index (χ2n) is 5.60. The Morgan fingerprint density at radius 2 is 1.76 bits per heavy atom. The molecule has 0 radical (unpaired) electrons. The molecule has 0 atom stereocenters. The van der Waals surface area contributed by atoms with Crippen LogP contribution in [-0.4, -0.2) is 17.1 Å². The minimum Gasteiger partial charge on any atom is -0.495 e. The van der Waals surface area contributed by atoms with Crippen molar-refractivity contribution in [3.8, 4) is 5.75 Å². The molecule has 0 amide bonds. The van der Waals surface area contributed by atoms with Gasteiger partial charge < -0.3 is 15.4 Å². The minimum atomic E-state index is -0.246. The number of aromatic nitrogens is 2. The number of anilines is 3. The first-order valence-electron chi connectivity index (χ1n) is 7.86. The van der Waals surface area contributed by atoms with Crippen LogP contribution < -0.4 is 15.4 Å². The van der Waals surface area contributed by atoms with E-state index in [0.717, 1.165) is 22.6 Å². The predicted molar refractivity (Wildman–Crippen MR) is 96.8 cm³/mol. The molecule has 0 aliphatic carbocycles. The van der Waals surface area contributed by atoms with Crippen molar-refractivity contribution in [3.05, 3.63) is 71.8 Å². The molecule has 0 fully saturated rings. The molecule has 0 unspecified atom stereocenters. The van der Waals surface area contributed by atoms with E-state index in [1.807, 2.05) is 31.2 Å². The predicted octanol–water partition coefficient (Wildman–Crippen LogP) is 4.29. The van der Waals surface area contributed by atoms with Crippen LogP contribution in [0.4, 0.5) is 21.7 Å². The lowest BCUT2D eigenvalue weighted by Gasteiger charge is -2.12. The van der Waals surface area contributed by atoms with Crippen molar-refractivity contribution in [2.24, 2.45) is 0 Å². The fourth-order valence-corrected chi connectivity index (χ4v) is 2.37. The molecule has 2 aromatic carbocycles. The van der Waals surface area contributed by atoms with Crippen molar-refractivity contribution in [1.82, 2.24) is 9.97 Å². The molecule has 2 N–H and O–H groups in total. The normalized spacial score (nSPS) is 10.4. The molecule has 0 saturated carbocycles. The van der Waals surface area contributed by atoms with Crippen LogP contribution in [0.25, 0.3) is 0 Å². The Kier molecular flexibility index (Phi) is 5.09. The average Bonchev–Trinajstić information content (AvgIpc) is 2.62. The van der Waals surface area contributed by atoms with Gasteiger partial charge in [0.25, 0.3) is 0 Å². The number of aryl methyl sites for hydroxylation is 1. The summed E-state index contributed by atoms with van der Waals surface area (Å²) in [6.07, 6.45) is 1.48. The van der Waals surface area contributed by atoms with Crippen LogP contribution in [0.1, 0.15) is 11.1 Å². The molecule has 3 aromatic rings. The highest BCUT2D eigenvalue weighted by Gasteiger charge is 2.05. The fourth-order valence-electron chi connectivity index (χ4n) is 2.37. The monoisotopic (exact) mass is 338 g/mol. The summed E-state index contributed by atoms with van der Waals surface area (Å²) >= 11 is 0. The van der Waals surface area contributed by atoms with Gasteiger partial charge in [-0.15, -0.1) is 0 Å². The van der Waals surface area contributed by atoms with E-state index in [1.54, 1.807) is 19.2 Å². The zero-order chi connectivity index (χ0) is 17.6. The van der Waals surface area contributed by atoms with Crippen LogP contribution in [0.2, 0.25) is 0 Å². The molecule has 0 aliphatic rings. The number of nitrogens with zero attached hydrogens (tertiary/aromatic N) is 2. The van der Waals surface area contributed by atoms with Gasteiger partial charge in [-0.2, -0.15) is 0 Å². The Labute approximate surface area is 145 Å². The van der Waals surface area contributed by atoms with Gasteiger partial charge in [-0.25, -0.2) is 14.4 Å². The lowest BCUT2D eigenvalue weighted by molar-refractivity contribution is 0.416. The summed E-state index contributed by atoms with van der Waals surface area (Å²) in [6, 6.07) is 14.0. The Hall–Kier alpha value is -3.15. The lowest BCUT2D eigenvalue weighted by atomic mass is 10.2. The smallest absolute Gasteiger partial charge is 0.142 e. The molecule has 0 aliphatic heterocycles. The topological polar surface area (TPSA) is 59.1 Å². The van der Waals surface area contributed by atoms with E-state index in [0.29, 0.717) is 18.2 Å². The Morgan fingerprint density at radius 1 is 1.00 bits per heavy atom. The number of hydrogen-bond donors (Lipinski definition) is 2. The Morgan fingerprint density at radius 3 is 2.52 bits per heavy atom.